The molecule has 1 rings (SSSR count). The van der Waals surface area contributed by atoms with Crippen LogP contribution in [0.25, 0.3) is 0 Å². The Labute approximate surface area is 115 Å². The van der Waals surface area contributed by atoms with Crippen molar-refractivity contribution in [2.24, 2.45) is 5.14 Å². The van der Waals surface area contributed by atoms with E-state index in [0.717, 1.165) is 0 Å². The van der Waals surface area contributed by atoms with E-state index in [0.29, 0.717) is 10.0 Å². The van der Waals surface area contributed by atoms with Crippen molar-refractivity contribution < 1.29 is 17.9 Å². The zero-order valence-corrected chi connectivity index (χ0v) is 12.8. The molecule has 102 valence electrons. The van der Waals surface area contributed by atoms with E-state index in [1.54, 1.807) is 20.1 Å². The first-order chi connectivity index (χ1) is 8.25. The van der Waals surface area contributed by atoms with Crippen molar-refractivity contribution >= 4 is 26.0 Å². The Bertz CT molecular complexity index is 530. The molecule has 5 nitrogen and oxygen atoms in total. The van der Waals surface area contributed by atoms with E-state index in [1.165, 1.54) is 6.07 Å². The molecule has 1 atom stereocenters. The lowest BCUT2D eigenvalue weighted by atomic mass is 10.2. The lowest BCUT2D eigenvalue weighted by Crippen LogP contribution is -2.19. The summed E-state index contributed by atoms with van der Waals surface area (Å²) >= 11 is 3.23. The molecule has 1 aromatic rings. The van der Waals surface area contributed by atoms with Crippen LogP contribution in [-0.2, 0) is 14.8 Å². The Balaban J connectivity index is 3.17. The van der Waals surface area contributed by atoms with Crippen LogP contribution in [0.3, 0.4) is 0 Å². The summed E-state index contributed by atoms with van der Waals surface area (Å²) in [4.78, 5) is -0.0299. The van der Waals surface area contributed by atoms with Crippen molar-refractivity contribution in [1.29, 1.82) is 0 Å². The largest absolute Gasteiger partial charge is 0.489 e. The SMILES string of the molecule is COC(C)COc1c(C)cc(Br)cc1S(N)(=O)=O. The van der Waals surface area contributed by atoms with Crippen molar-refractivity contribution in [2.45, 2.75) is 24.8 Å². The molecule has 0 aliphatic rings. The number of primary sulfonamides is 1. The zero-order valence-electron chi connectivity index (χ0n) is 10.4. The van der Waals surface area contributed by atoms with Crippen molar-refractivity contribution in [3.63, 3.8) is 0 Å². The van der Waals surface area contributed by atoms with Gasteiger partial charge < -0.3 is 9.47 Å². The maximum absolute atomic E-state index is 11.5. The molecule has 1 unspecified atom stereocenters. The minimum absolute atomic E-state index is 0.0299. The number of hydrogen-bond acceptors (Lipinski definition) is 4. The molecule has 18 heavy (non-hydrogen) atoms. The Morgan fingerprint density at radius 3 is 2.56 bits per heavy atom. The average molecular weight is 338 g/mol. The molecule has 2 N–H and O–H groups in total. The molecular formula is C11H16BrNO4S. The fourth-order valence-electron chi connectivity index (χ4n) is 1.36. The first-order valence-corrected chi connectivity index (χ1v) is 7.58. The number of rotatable bonds is 5. The molecule has 0 bridgehead atoms. The molecule has 0 spiro atoms. The van der Waals surface area contributed by atoms with E-state index < -0.39 is 10.0 Å². The molecule has 0 saturated heterocycles. The van der Waals surface area contributed by atoms with Gasteiger partial charge in [0.15, 0.2) is 0 Å². The number of hydrogen-bond donors (Lipinski definition) is 1. The first-order valence-electron chi connectivity index (χ1n) is 5.24. The van der Waals surface area contributed by atoms with E-state index in [4.69, 9.17) is 14.6 Å². The van der Waals surface area contributed by atoms with Gasteiger partial charge in [-0.1, -0.05) is 15.9 Å². The number of halogens is 1. The topological polar surface area (TPSA) is 78.6 Å². The van der Waals surface area contributed by atoms with Crippen LogP contribution in [0.2, 0.25) is 0 Å². The molecular weight excluding hydrogens is 322 g/mol. The van der Waals surface area contributed by atoms with Crippen LogP contribution in [0.1, 0.15) is 12.5 Å². The van der Waals surface area contributed by atoms with E-state index in [1.807, 2.05) is 6.92 Å². The second kappa shape index (κ2) is 6.01. The van der Waals surface area contributed by atoms with Gasteiger partial charge in [-0.15, -0.1) is 0 Å². The van der Waals surface area contributed by atoms with Gasteiger partial charge >= 0.3 is 0 Å². The smallest absolute Gasteiger partial charge is 0.241 e. The molecule has 0 fully saturated rings. The molecule has 0 aromatic heterocycles. The molecule has 0 heterocycles. The normalized spacial score (nSPS) is 13.4. The highest BCUT2D eigenvalue weighted by Gasteiger charge is 2.19. The monoisotopic (exact) mass is 337 g/mol. The van der Waals surface area contributed by atoms with Crippen molar-refractivity contribution in [3.8, 4) is 5.75 Å². The lowest BCUT2D eigenvalue weighted by molar-refractivity contribution is 0.0703. The summed E-state index contributed by atoms with van der Waals surface area (Å²) in [6, 6.07) is 3.19. The highest BCUT2D eigenvalue weighted by Crippen LogP contribution is 2.31. The van der Waals surface area contributed by atoms with Gasteiger partial charge in [-0.05, 0) is 31.5 Å². The second-order valence-corrected chi connectivity index (χ2v) is 6.40. The quantitative estimate of drug-likeness (QED) is 0.888. The van der Waals surface area contributed by atoms with E-state index in [-0.39, 0.29) is 23.4 Å². The predicted molar refractivity (Wildman–Crippen MR) is 72.2 cm³/mol. The third-order valence-corrected chi connectivity index (χ3v) is 3.75. The molecule has 0 saturated carbocycles. The summed E-state index contributed by atoms with van der Waals surface area (Å²) in [5, 5.41) is 5.17. The van der Waals surface area contributed by atoms with Crippen molar-refractivity contribution in [3.05, 3.63) is 22.2 Å². The summed E-state index contributed by atoms with van der Waals surface area (Å²) in [7, 11) is -2.27. The third-order valence-electron chi connectivity index (χ3n) is 2.38. The Morgan fingerprint density at radius 2 is 2.06 bits per heavy atom. The van der Waals surface area contributed by atoms with Gasteiger partial charge in [-0.2, -0.15) is 0 Å². The van der Waals surface area contributed by atoms with E-state index in [9.17, 15) is 8.42 Å². The number of nitrogens with two attached hydrogens (primary N) is 1. The van der Waals surface area contributed by atoms with Gasteiger partial charge in [0.25, 0.3) is 0 Å². The van der Waals surface area contributed by atoms with Gasteiger partial charge in [-0.25, -0.2) is 13.6 Å². The van der Waals surface area contributed by atoms with Gasteiger partial charge in [0.1, 0.15) is 17.3 Å². The maximum atomic E-state index is 11.5. The molecule has 0 radical (unpaired) electrons. The highest BCUT2D eigenvalue weighted by atomic mass is 79.9. The van der Waals surface area contributed by atoms with Crippen molar-refractivity contribution in [2.75, 3.05) is 13.7 Å². The second-order valence-electron chi connectivity index (χ2n) is 3.95. The van der Waals surface area contributed by atoms with Gasteiger partial charge in [0, 0.05) is 11.6 Å². The summed E-state index contributed by atoms with van der Waals surface area (Å²) in [5.74, 6) is 0.268. The van der Waals surface area contributed by atoms with Gasteiger partial charge in [-0.3, -0.25) is 0 Å². The fourth-order valence-corrected chi connectivity index (χ4v) is 2.86. The molecule has 0 aliphatic carbocycles. The maximum Gasteiger partial charge on any atom is 0.241 e. The molecule has 0 amide bonds. The molecule has 1 aromatic carbocycles. The highest BCUT2D eigenvalue weighted by molar-refractivity contribution is 9.10. The number of benzene rings is 1. The predicted octanol–water partition coefficient (Wildman–Crippen LogP) is 1.82. The Hall–Kier alpha value is -0.630. The van der Waals surface area contributed by atoms with Crippen LogP contribution in [0.4, 0.5) is 0 Å². The minimum atomic E-state index is -3.83. The van der Waals surface area contributed by atoms with Crippen LogP contribution < -0.4 is 9.88 Å². The zero-order chi connectivity index (χ0) is 13.9. The first kappa shape index (κ1) is 15.4. The number of methoxy groups -OCH3 is 1. The van der Waals surface area contributed by atoms with Crippen molar-refractivity contribution in [1.82, 2.24) is 0 Å². The van der Waals surface area contributed by atoms with Gasteiger partial charge in [0.05, 0.1) is 6.10 Å². The Morgan fingerprint density at radius 1 is 1.44 bits per heavy atom. The molecule has 7 heteroatoms. The standard InChI is InChI=1S/C11H16BrNO4S/c1-7-4-9(12)5-10(18(13,14)15)11(7)17-6-8(2)16-3/h4-5,8H,6H2,1-3H3,(H2,13,14,15). The summed E-state index contributed by atoms with van der Waals surface area (Å²) in [6.07, 6.45) is -0.138. The summed E-state index contributed by atoms with van der Waals surface area (Å²) < 4.78 is 34.2. The average Bonchev–Trinajstić information content (AvgIpc) is 2.25. The van der Waals surface area contributed by atoms with Crippen LogP contribution in [-0.4, -0.2) is 28.2 Å². The number of sulfonamides is 1. The third kappa shape index (κ3) is 3.94. The lowest BCUT2D eigenvalue weighted by Gasteiger charge is -2.16. The van der Waals surface area contributed by atoms with E-state index >= 15 is 0 Å². The number of ether oxygens (including phenoxy) is 2. The minimum Gasteiger partial charge on any atom is -0.489 e. The molecule has 0 aliphatic heterocycles. The Kier molecular flexibility index (Phi) is 5.15. The summed E-state index contributed by atoms with van der Waals surface area (Å²) in [5.41, 5.74) is 0.691. The number of aryl methyl sites for hydroxylation is 1. The van der Waals surface area contributed by atoms with Crippen LogP contribution in [0.15, 0.2) is 21.5 Å². The van der Waals surface area contributed by atoms with Gasteiger partial charge in [0.2, 0.25) is 10.0 Å². The van der Waals surface area contributed by atoms with Crippen LogP contribution >= 0.6 is 15.9 Å². The van der Waals surface area contributed by atoms with E-state index in [2.05, 4.69) is 15.9 Å². The summed E-state index contributed by atoms with van der Waals surface area (Å²) in [6.45, 7) is 3.83. The van der Waals surface area contributed by atoms with Crippen LogP contribution in [0.5, 0.6) is 5.75 Å². The van der Waals surface area contributed by atoms with Crippen LogP contribution in [0, 0.1) is 6.92 Å². The fraction of sp³-hybridized carbons (Fsp3) is 0.455.